The van der Waals surface area contributed by atoms with Crippen molar-refractivity contribution in [2.75, 3.05) is 13.1 Å². The molecule has 1 saturated heterocycles. The molecule has 5 nitrogen and oxygen atoms in total. The summed E-state index contributed by atoms with van der Waals surface area (Å²) >= 11 is 0. The van der Waals surface area contributed by atoms with Crippen LogP contribution in [0.25, 0.3) is 11.1 Å². The first-order valence-electron chi connectivity index (χ1n) is 9.35. The van der Waals surface area contributed by atoms with Gasteiger partial charge in [0.1, 0.15) is 11.9 Å². The monoisotopic (exact) mass is 394 g/mol. The molecule has 1 aromatic heterocycles. The average molecular weight is 394 g/mol. The van der Waals surface area contributed by atoms with Gasteiger partial charge >= 0.3 is 0 Å². The minimum Gasteiger partial charge on any atom is -0.489 e. The van der Waals surface area contributed by atoms with Crippen molar-refractivity contribution in [1.29, 1.82) is 0 Å². The molecular formula is C22H22N2O3S. The molecule has 144 valence electrons. The molecular weight excluding hydrogens is 372 g/mol. The molecule has 1 aliphatic heterocycles. The topological polar surface area (TPSA) is 59.5 Å². The van der Waals surface area contributed by atoms with Crippen LogP contribution in [0.3, 0.4) is 0 Å². The van der Waals surface area contributed by atoms with Gasteiger partial charge in [-0.2, -0.15) is 4.31 Å². The Morgan fingerprint density at radius 1 is 0.893 bits per heavy atom. The number of piperidine rings is 1. The first-order valence-corrected chi connectivity index (χ1v) is 10.8. The Labute approximate surface area is 165 Å². The lowest BCUT2D eigenvalue weighted by atomic mass is 10.1. The van der Waals surface area contributed by atoms with Crippen LogP contribution in [-0.2, 0) is 10.0 Å². The number of nitrogens with zero attached hydrogens (tertiary/aromatic N) is 2. The Bertz CT molecular complexity index is 1010. The molecule has 0 saturated carbocycles. The van der Waals surface area contributed by atoms with E-state index >= 15 is 0 Å². The summed E-state index contributed by atoms with van der Waals surface area (Å²) in [6.45, 7) is 0.865. The molecule has 28 heavy (non-hydrogen) atoms. The summed E-state index contributed by atoms with van der Waals surface area (Å²) in [6, 6.07) is 20.6. The fraction of sp³-hybridized carbons (Fsp3) is 0.227. The maximum absolute atomic E-state index is 13.1. The summed E-state index contributed by atoms with van der Waals surface area (Å²) in [4.78, 5) is 4.29. The van der Waals surface area contributed by atoms with Gasteiger partial charge in [0.2, 0.25) is 10.0 Å². The molecule has 0 radical (unpaired) electrons. The van der Waals surface area contributed by atoms with Gasteiger partial charge in [0.05, 0.1) is 11.4 Å². The molecule has 1 fully saturated rings. The van der Waals surface area contributed by atoms with Crippen molar-refractivity contribution in [3.8, 4) is 16.9 Å². The maximum atomic E-state index is 13.1. The molecule has 3 aromatic rings. The fourth-order valence-corrected chi connectivity index (χ4v) is 4.94. The molecule has 6 heteroatoms. The van der Waals surface area contributed by atoms with E-state index in [1.165, 1.54) is 4.31 Å². The highest BCUT2D eigenvalue weighted by Gasteiger charge is 2.31. The van der Waals surface area contributed by atoms with Crippen molar-refractivity contribution in [2.45, 2.75) is 23.8 Å². The zero-order valence-corrected chi connectivity index (χ0v) is 16.3. The van der Waals surface area contributed by atoms with E-state index < -0.39 is 10.0 Å². The predicted octanol–water partition coefficient (Wildman–Crippen LogP) is 3.98. The molecule has 1 atom stereocenters. The molecule has 2 aromatic carbocycles. The number of benzene rings is 2. The van der Waals surface area contributed by atoms with E-state index in [2.05, 4.69) is 4.98 Å². The third-order valence-electron chi connectivity index (χ3n) is 4.89. The normalized spacial score (nSPS) is 17.9. The molecule has 0 spiro atoms. The predicted molar refractivity (Wildman–Crippen MR) is 109 cm³/mol. The van der Waals surface area contributed by atoms with E-state index in [1.807, 2.05) is 42.5 Å². The van der Waals surface area contributed by atoms with Crippen LogP contribution in [0.5, 0.6) is 5.75 Å². The van der Waals surface area contributed by atoms with Crippen molar-refractivity contribution in [3.63, 3.8) is 0 Å². The summed E-state index contributed by atoms with van der Waals surface area (Å²) in [5, 5.41) is 0. The van der Waals surface area contributed by atoms with Crippen molar-refractivity contribution in [2.24, 2.45) is 0 Å². The van der Waals surface area contributed by atoms with E-state index in [4.69, 9.17) is 4.74 Å². The SMILES string of the molecule is O=S(=O)(c1ccc(-c2ccccc2)cc1)N1CCCC(Oc2ccncc2)C1. The quantitative estimate of drug-likeness (QED) is 0.657. The van der Waals surface area contributed by atoms with Crippen LogP contribution in [0, 0.1) is 0 Å². The van der Waals surface area contributed by atoms with E-state index in [9.17, 15) is 8.42 Å². The first kappa shape index (κ1) is 18.7. The van der Waals surface area contributed by atoms with E-state index in [0.29, 0.717) is 23.7 Å². The van der Waals surface area contributed by atoms with Crippen LogP contribution in [0.15, 0.2) is 84.0 Å². The molecule has 1 unspecified atom stereocenters. The lowest BCUT2D eigenvalue weighted by molar-refractivity contribution is 0.129. The number of hydrogen-bond acceptors (Lipinski definition) is 4. The van der Waals surface area contributed by atoms with E-state index in [-0.39, 0.29) is 6.10 Å². The van der Waals surface area contributed by atoms with Crippen molar-refractivity contribution < 1.29 is 13.2 Å². The summed E-state index contributed by atoms with van der Waals surface area (Å²) < 4.78 is 33.7. The Morgan fingerprint density at radius 2 is 1.57 bits per heavy atom. The number of pyridine rings is 1. The second-order valence-corrected chi connectivity index (χ2v) is 8.76. The molecule has 0 amide bonds. The van der Waals surface area contributed by atoms with Crippen molar-refractivity contribution in [1.82, 2.24) is 9.29 Å². The van der Waals surface area contributed by atoms with Gasteiger partial charge < -0.3 is 4.74 Å². The first-order chi connectivity index (χ1) is 13.6. The number of sulfonamides is 1. The fourth-order valence-electron chi connectivity index (χ4n) is 3.43. The smallest absolute Gasteiger partial charge is 0.243 e. The summed E-state index contributed by atoms with van der Waals surface area (Å²) in [5.41, 5.74) is 2.06. The zero-order chi connectivity index (χ0) is 19.4. The molecule has 0 N–H and O–H groups in total. The van der Waals surface area contributed by atoms with Crippen molar-refractivity contribution in [3.05, 3.63) is 79.1 Å². The largest absolute Gasteiger partial charge is 0.489 e. The van der Waals surface area contributed by atoms with Crippen LogP contribution in [-0.4, -0.2) is 36.9 Å². The number of hydrogen-bond donors (Lipinski definition) is 0. The van der Waals surface area contributed by atoms with Gasteiger partial charge in [-0.05, 0) is 48.2 Å². The Morgan fingerprint density at radius 3 is 2.29 bits per heavy atom. The highest BCUT2D eigenvalue weighted by atomic mass is 32.2. The Kier molecular flexibility index (Phi) is 5.41. The highest BCUT2D eigenvalue weighted by molar-refractivity contribution is 7.89. The van der Waals surface area contributed by atoms with Crippen LogP contribution >= 0.6 is 0 Å². The van der Waals surface area contributed by atoms with Gasteiger partial charge in [-0.1, -0.05) is 42.5 Å². The van der Waals surface area contributed by atoms with Gasteiger partial charge in [0.15, 0.2) is 0 Å². The minimum absolute atomic E-state index is 0.158. The lowest BCUT2D eigenvalue weighted by Crippen LogP contribution is -2.44. The lowest BCUT2D eigenvalue weighted by Gasteiger charge is -2.32. The van der Waals surface area contributed by atoms with Gasteiger partial charge in [0.25, 0.3) is 0 Å². The van der Waals surface area contributed by atoms with Gasteiger partial charge in [0, 0.05) is 18.9 Å². The summed E-state index contributed by atoms with van der Waals surface area (Å²) in [5.74, 6) is 0.714. The summed E-state index contributed by atoms with van der Waals surface area (Å²) in [6.07, 6.45) is 4.79. The minimum atomic E-state index is -3.55. The van der Waals surface area contributed by atoms with Crippen LogP contribution in [0.4, 0.5) is 0 Å². The molecule has 4 rings (SSSR count). The second-order valence-electron chi connectivity index (χ2n) is 6.82. The maximum Gasteiger partial charge on any atom is 0.243 e. The van der Waals surface area contributed by atoms with Crippen molar-refractivity contribution >= 4 is 10.0 Å². The third kappa shape index (κ3) is 4.08. The average Bonchev–Trinajstić information content (AvgIpc) is 2.75. The molecule has 0 bridgehead atoms. The molecule has 2 heterocycles. The van der Waals surface area contributed by atoms with Gasteiger partial charge in [-0.3, -0.25) is 4.98 Å². The van der Waals surface area contributed by atoms with Gasteiger partial charge in [-0.25, -0.2) is 8.42 Å². The number of rotatable bonds is 5. The number of aromatic nitrogens is 1. The molecule has 0 aliphatic carbocycles. The molecule has 1 aliphatic rings. The standard InChI is InChI=1S/C22H22N2O3S/c25-28(26,22-10-8-19(9-11-22)18-5-2-1-3-6-18)24-16-4-7-21(17-24)27-20-12-14-23-15-13-20/h1-3,5-6,8-15,21H,4,7,16-17H2. The summed E-state index contributed by atoms with van der Waals surface area (Å²) in [7, 11) is -3.55. The zero-order valence-electron chi connectivity index (χ0n) is 15.4. The van der Waals surface area contributed by atoms with Crippen LogP contribution in [0.2, 0.25) is 0 Å². The van der Waals surface area contributed by atoms with Crippen LogP contribution in [0.1, 0.15) is 12.8 Å². The Hall–Kier alpha value is -2.70. The van der Waals surface area contributed by atoms with Crippen LogP contribution < -0.4 is 4.74 Å². The second kappa shape index (κ2) is 8.12. The Balaban J connectivity index is 1.49. The third-order valence-corrected chi connectivity index (χ3v) is 6.77. The number of ether oxygens (including phenoxy) is 1. The van der Waals surface area contributed by atoms with E-state index in [1.54, 1.807) is 36.7 Å². The van der Waals surface area contributed by atoms with Gasteiger partial charge in [-0.15, -0.1) is 0 Å². The van der Waals surface area contributed by atoms with E-state index in [0.717, 1.165) is 24.0 Å². The highest BCUT2D eigenvalue weighted by Crippen LogP contribution is 2.26.